The summed E-state index contributed by atoms with van der Waals surface area (Å²) >= 11 is 0. The van der Waals surface area contributed by atoms with E-state index in [-0.39, 0.29) is 5.82 Å². The van der Waals surface area contributed by atoms with Crippen molar-refractivity contribution in [1.82, 2.24) is 25.1 Å². The molecular weight excluding hydrogens is 297 g/mol. The van der Waals surface area contributed by atoms with Crippen LogP contribution in [-0.2, 0) is 13.6 Å². The van der Waals surface area contributed by atoms with Crippen LogP contribution in [0.3, 0.4) is 0 Å². The molecule has 1 atom stereocenters. The number of aliphatic hydroxyl groups is 1. The number of hydrogen-bond acceptors (Lipinski definition) is 4. The van der Waals surface area contributed by atoms with Crippen LogP contribution in [0.25, 0.3) is 11.3 Å². The van der Waals surface area contributed by atoms with Crippen LogP contribution >= 0.6 is 0 Å². The number of hydrogen-bond donors (Lipinski definition) is 3. The van der Waals surface area contributed by atoms with Crippen molar-refractivity contribution in [1.29, 1.82) is 0 Å². The third kappa shape index (κ3) is 3.46. The Bertz CT molecular complexity index is 765. The number of halogens is 1. The molecule has 0 spiro atoms. The molecule has 0 bridgehead atoms. The van der Waals surface area contributed by atoms with Crippen LogP contribution in [-0.4, -0.2) is 31.4 Å². The predicted molar refractivity (Wildman–Crippen MR) is 83.9 cm³/mol. The number of H-pyrrole nitrogens is 1. The summed E-state index contributed by atoms with van der Waals surface area (Å²) in [5.74, 6) is 0.342. The Morgan fingerprint density at radius 3 is 2.83 bits per heavy atom. The number of imidazole rings is 1. The molecule has 0 saturated carbocycles. The van der Waals surface area contributed by atoms with Crippen LogP contribution in [0, 0.1) is 5.82 Å². The molecular formula is C16H18FN5O. The van der Waals surface area contributed by atoms with E-state index in [1.807, 2.05) is 7.05 Å². The van der Waals surface area contributed by atoms with E-state index < -0.39 is 6.10 Å². The summed E-state index contributed by atoms with van der Waals surface area (Å²) in [5, 5.41) is 20.3. The largest absolute Gasteiger partial charge is 0.384 e. The van der Waals surface area contributed by atoms with Gasteiger partial charge in [0, 0.05) is 43.7 Å². The number of rotatable bonds is 6. The van der Waals surface area contributed by atoms with Crippen LogP contribution in [0.1, 0.15) is 17.5 Å². The molecule has 3 rings (SSSR count). The predicted octanol–water partition coefficient (Wildman–Crippen LogP) is 1.77. The lowest BCUT2D eigenvalue weighted by Gasteiger charge is -2.12. The van der Waals surface area contributed by atoms with Gasteiger partial charge in [-0.2, -0.15) is 5.10 Å². The summed E-state index contributed by atoms with van der Waals surface area (Å²) in [7, 11) is 1.84. The summed E-state index contributed by atoms with van der Waals surface area (Å²) in [6.45, 7) is 0.906. The highest BCUT2D eigenvalue weighted by molar-refractivity contribution is 5.62. The minimum absolute atomic E-state index is 0.272. The standard InChI is InChI=1S/C16H18FN5O/c1-22-7-6-19-16(22)14(23)10-18-8-12-9-20-21-15(12)11-2-4-13(17)5-3-11/h2-7,9,14,18,23H,8,10H2,1H3,(H,20,21). The van der Waals surface area contributed by atoms with Gasteiger partial charge in [0.2, 0.25) is 0 Å². The molecule has 6 nitrogen and oxygen atoms in total. The molecule has 1 aromatic carbocycles. The molecule has 7 heteroatoms. The molecule has 2 aromatic heterocycles. The second-order valence-corrected chi connectivity index (χ2v) is 5.32. The van der Waals surface area contributed by atoms with E-state index in [4.69, 9.17) is 0 Å². The van der Waals surface area contributed by atoms with Gasteiger partial charge >= 0.3 is 0 Å². The lowest BCUT2D eigenvalue weighted by Crippen LogP contribution is -2.23. The molecule has 0 radical (unpaired) electrons. The van der Waals surface area contributed by atoms with E-state index in [2.05, 4.69) is 20.5 Å². The van der Waals surface area contributed by atoms with Crippen molar-refractivity contribution in [2.75, 3.05) is 6.54 Å². The molecule has 0 aliphatic rings. The van der Waals surface area contributed by atoms with Gasteiger partial charge < -0.3 is 15.0 Å². The summed E-state index contributed by atoms with van der Waals surface area (Å²) in [4.78, 5) is 4.12. The summed E-state index contributed by atoms with van der Waals surface area (Å²) in [6.07, 6.45) is 4.48. The SMILES string of the molecule is Cn1ccnc1C(O)CNCc1cn[nH]c1-c1ccc(F)cc1. The van der Waals surface area contributed by atoms with Crippen LogP contribution in [0.2, 0.25) is 0 Å². The molecule has 1 unspecified atom stereocenters. The monoisotopic (exact) mass is 315 g/mol. The van der Waals surface area contributed by atoms with E-state index in [0.29, 0.717) is 18.9 Å². The van der Waals surface area contributed by atoms with Crippen LogP contribution in [0.5, 0.6) is 0 Å². The lowest BCUT2D eigenvalue weighted by atomic mass is 10.1. The highest BCUT2D eigenvalue weighted by atomic mass is 19.1. The minimum Gasteiger partial charge on any atom is -0.384 e. The van der Waals surface area contributed by atoms with E-state index in [0.717, 1.165) is 16.8 Å². The molecule has 120 valence electrons. The highest BCUT2D eigenvalue weighted by Gasteiger charge is 2.13. The molecule has 0 aliphatic carbocycles. The van der Waals surface area contributed by atoms with Crippen LogP contribution < -0.4 is 5.32 Å². The Kier molecular flexibility index (Phi) is 4.50. The van der Waals surface area contributed by atoms with Gasteiger partial charge in [0.25, 0.3) is 0 Å². The maximum absolute atomic E-state index is 13.0. The van der Waals surface area contributed by atoms with Gasteiger partial charge in [0.1, 0.15) is 17.7 Å². The van der Waals surface area contributed by atoms with E-state index in [1.165, 1.54) is 12.1 Å². The van der Waals surface area contributed by atoms with Gasteiger partial charge in [-0.05, 0) is 24.3 Å². The molecule has 0 saturated heterocycles. The molecule has 0 aliphatic heterocycles. The number of aromatic nitrogens is 4. The second-order valence-electron chi connectivity index (χ2n) is 5.32. The van der Waals surface area contributed by atoms with Gasteiger partial charge in [0.05, 0.1) is 11.9 Å². The average Bonchev–Trinajstić information content (AvgIpc) is 3.17. The molecule has 0 fully saturated rings. The zero-order chi connectivity index (χ0) is 16.2. The van der Waals surface area contributed by atoms with Gasteiger partial charge in [-0.25, -0.2) is 9.37 Å². The highest BCUT2D eigenvalue weighted by Crippen LogP contribution is 2.21. The van der Waals surface area contributed by atoms with Gasteiger partial charge in [-0.15, -0.1) is 0 Å². The molecule has 3 N–H and O–H groups in total. The third-order valence-corrected chi connectivity index (χ3v) is 3.66. The number of nitrogens with zero attached hydrogens (tertiary/aromatic N) is 3. The Balaban J connectivity index is 1.62. The van der Waals surface area contributed by atoms with Gasteiger partial charge in [-0.1, -0.05) is 0 Å². The normalized spacial score (nSPS) is 12.5. The molecule has 2 heterocycles. The van der Waals surface area contributed by atoms with Crippen molar-refractivity contribution in [3.8, 4) is 11.3 Å². The minimum atomic E-state index is -0.684. The fourth-order valence-corrected chi connectivity index (χ4v) is 2.44. The first-order valence-electron chi connectivity index (χ1n) is 7.29. The topological polar surface area (TPSA) is 78.8 Å². The summed E-state index contributed by atoms with van der Waals surface area (Å²) in [6, 6.07) is 6.24. The third-order valence-electron chi connectivity index (χ3n) is 3.66. The fourth-order valence-electron chi connectivity index (χ4n) is 2.44. The summed E-state index contributed by atoms with van der Waals surface area (Å²) < 4.78 is 14.8. The zero-order valence-electron chi connectivity index (χ0n) is 12.7. The zero-order valence-corrected chi connectivity index (χ0v) is 12.7. The van der Waals surface area contributed by atoms with Crippen molar-refractivity contribution in [2.45, 2.75) is 12.6 Å². The number of aryl methyl sites for hydroxylation is 1. The van der Waals surface area contributed by atoms with E-state index >= 15 is 0 Å². The first-order chi connectivity index (χ1) is 11.1. The number of aliphatic hydroxyl groups excluding tert-OH is 1. The first kappa shape index (κ1) is 15.4. The Morgan fingerprint density at radius 1 is 1.35 bits per heavy atom. The average molecular weight is 315 g/mol. The van der Waals surface area contributed by atoms with Crippen molar-refractivity contribution in [3.63, 3.8) is 0 Å². The second kappa shape index (κ2) is 6.72. The van der Waals surface area contributed by atoms with Crippen LogP contribution in [0.4, 0.5) is 4.39 Å². The first-order valence-corrected chi connectivity index (χ1v) is 7.29. The number of benzene rings is 1. The van der Waals surface area contributed by atoms with Crippen molar-refractivity contribution in [2.24, 2.45) is 7.05 Å². The quantitative estimate of drug-likeness (QED) is 0.648. The molecule has 3 aromatic rings. The molecule has 23 heavy (non-hydrogen) atoms. The van der Waals surface area contributed by atoms with Gasteiger partial charge in [0.15, 0.2) is 0 Å². The lowest BCUT2D eigenvalue weighted by molar-refractivity contribution is 0.161. The van der Waals surface area contributed by atoms with E-state index in [9.17, 15) is 9.50 Å². The Morgan fingerprint density at radius 2 is 2.13 bits per heavy atom. The smallest absolute Gasteiger partial charge is 0.138 e. The number of aromatic amines is 1. The summed E-state index contributed by atoms with van der Waals surface area (Å²) in [5.41, 5.74) is 2.65. The van der Waals surface area contributed by atoms with Crippen molar-refractivity contribution < 1.29 is 9.50 Å². The maximum atomic E-state index is 13.0. The Hall–Kier alpha value is -2.51. The van der Waals surface area contributed by atoms with Gasteiger partial charge in [-0.3, -0.25) is 5.10 Å². The van der Waals surface area contributed by atoms with Crippen LogP contribution in [0.15, 0.2) is 42.9 Å². The maximum Gasteiger partial charge on any atom is 0.138 e. The Labute approximate surface area is 133 Å². The molecule has 0 amide bonds. The van der Waals surface area contributed by atoms with Crippen molar-refractivity contribution in [3.05, 3.63) is 60.1 Å². The fraction of sp³-hybridized carbons (Fsp3) is 0.250. The number of nitrogens with one attached hydrogen (secondary N) is 2. The van der Waals surface area contributed by atoms with Crippen molar-refractivity contribution >= 4 is 0 Å². The van der Waals surface area contributed by atoms with E-state index in [1.54, 1.807) is 35.3 Å².